The van der Waals surface area contributed by atoms with Gasteiger partial charge in [0.05, 0.1) is 13.2 Å². The quantitative estimate of drug-likeness (QED) is 0.912. The average molecular weight is 276 g/mol. The molecule has 0 saturated heterocycles. The maximum absolute atomic E-state index is 6.02. The van der Waals surface area contributed by atoms with Crippen LogP contribution in [0, 0.1) is 6.92 Å². The molecule has 2 rings (SSSR count). The van der Waals surface area contributed by atoms with Crippen LogP contribution in [0.3, 0.4) is 0 Å². The number of ether oxygens (including phenoxy) is 1. The molecule has 0 aliphatic heterocycles. The Morgan fingerprint density at radius 3 is 2.58 bits per heavy atom. The van der Waals surface area contributed by atoms with Crippen molar-refractivity contribution in [1.29, 1.82) is 0 Å². The molecule has 2 aromatic rings. The van der Waals surface area contributed by atoms with E-state index in [0.29, 0.717) is 0 Å². The van der Waals surface area contributed by atoms with E-state index in [0.717, 1.165) is 10.8 Å². The zero-order valence-electron chi connectivity index (χ0n) is 11.4. The van der Waals surface area contributed by atoms with E-state index in [4.69, 9.17) is 16.3 Å². The Hall–Kier alpha value is -1.51. The van der Waals surface area contributed by atoms with Crippen LogP contribution >= 0.6 is 11.6 Å². The summed E-state index contributed by atoms with van der Waals surface area (Å²) in [5.74, 6) is 0.865. The highest BCUT2D eigenvalue weighted by Gasteiger charge is 2.14. The van der Waals surface area contributed by atoms with Gasteiger partial charge < -0.3 is 10.1 Å². The molecule has 0 aliphatic rings. The first-order chi connectivity index (χ1) is 9.15. The number of benzene rings is 2. The molecule has 0 saturated carbocycles. The van der Waals surface area contributed by atoms with Gasteiger partial charge in [0.15, 0.2) is 0 Å². The van der Waals surface area contributed by atoms with Crippen LogP contribution in [-0.4, -0.2) is 14.2 Å². The summed E-state index contributed by atoms with van der Waals surface area (Å²) in [4.78, 5) is 0. The van der Waals surface area contributed by atoms with Crippen molar-refractivity contribution in [2.45, 2.75) is 13.0 Å². The average Bonchev–Trinajstić information content (AvgIpc) is 2.42. The molecule has 3 heteroatoms. The molecule has 2 nitrogen and oxygen atoms in total. The maximum Gasteiger partial charge on any atom is 0.119 e. The van der Waals surface area contributed by atoms with Crippen LogP contribution < -0.4 is 10.1 Å². The normalized spacial score (nSPS) is 12.2. The Morgan fingerprint density at radius 1 is 1.16 bits per heavy atom. The van der Waals surface area contributed by atoms with Crippen molar-refractivity contribution in [3.05, 3.63) is 64.2 Å². The van der Waals surface area contributed by atoms with Gasteiger partial charge >= 0.3 is 0 Å². The second-order valence-corrected chi connectivity index (χ2v) is 4.94. The van der Waals surface area contributed by atoms with E-state index in [2.05, 4.69) is 30.4 Å². The van der Waals surface area contributed by atoms with Crippen LogP contribution in [0.2, 0.25) is 5.02 Å². The number of rotatable bonds is 4. The molecule has 0 aromatic heterocycles. The van der Waals surface area contributed by atoms with E-state index >= 15 is 0 Å². The van der Waals surface area contributed by atoms with Gasteiger partial charge in [0.25, 0.3) is 0 Å². The predicted octanol–water partition coefficient (Wildman–Crippen LogP) is 3.97. The van der Waals surface area contributed by atoms with Crippen LogP contribution in [0.25, 0.3) is 0 Å². The molecule has 1 unspecified atom stereocenters. The highest BCUT2D eigenvalue weighted by atomic mass is 35.5. The lowest BCUT2D eigenvalue weighted by Crippen LogP contribution is -2.18. The Morgan fingerprint density at radius 2 is 1.95 bits per heavy atom. The van der Waals surface area contributed by atoms with Gasteiger partial charge in [-0.15, -0.1) is 0 Å². The smallest absolute Gasteiger partial charge is 0.119 e. The Kier molecular flexibility index (Phi) is 4.46. The first-order valence-corrected chi connectivity index (χ1v) is 6.60. The molecule has 1 atom stereocenters. The van der Waals surface area contributed by atoms with Crippen molar-refractivity contribution < 1.29 is 4.74 Å². The summed E-state index contributed by atoms with van der Waals surface area (Å²) in [6.45, 7) is 2.08. The summed E-state index contributed by atoms with van der Waals surface area (Å²) in [7, 11) is 3.64. The zero-order chi connectivity index (χ0) is 13.8. The fraction of sp³-hybridized carbons (Fsp3) is 0.250. The molecule has 100 valence electrons. The van der Waals surface area contributed by atoms with Crippen LogP contribution in [0.5, 0.6) is 5.75 Å². The molecule has 19 heavy (non-hydrogen) atoms. The second-order valence-electron chi connectivity index (χ2n) is 4.50. The van der Waals surface area contributed by atoms with E-state index in [9.17, 15) is 0 Å². The van der Waals surface area contributed by atoms with Gasteiger partial charge in [0, 0.05) is 5.02 Å². The van der Waals surface area contributed by atoms with Gasteiger partial charge in [-0.05, 0) is 54.9 Å². The second kappa shape index (κ2) is 6.09. The lowest BCUT2D eigenvalue weighted by atomic mass is 9.95. The standard InChI is InChI=1S/C16H18ClNO/c1-11-9-13(17)7-8-15(11)16(18-2)12-5-4-6-14(10-12)19-3/h4-10,16,18H,1-3H3. The predicted molar refractivity (Wildman–Crippen MR) is 80.1 cm³/mol. The summed E-state index contributed by atoms with van der Waals surface area (Å²) in [5.41, 5.74) is 3.57. The van der Waals surface area contributed by atoms with Gasteiger partial charge in [-0.1, -0.05) is 29.8 Å². The van der Waals surface area contributed by atoms with E-state index in [1.165, 1.54) is 16.7 Å². The fourth-order valence-electron chi connectivity index (χ4n) is 2.29. The van der Waals surface area contributed by atoms with Crippen LogP contribution in [0.15, 0.2) is 42.5 Å². The summed E-state index contributed by atoms with van der Waals surface area (Å²) < 4.78 is 5.29. The van der Waals surface area contributed by atoms with Gasteiger partial charge in [0.2, 0.25) is 0 Å². The van der Waals surface area contributed by atoms with Crippen LogP contribution in [0.4, 0.5) is 0 Å². The summed E-state index contributed by atoms with van der Waals surface area (Å²) in [5, 5.41) is 4.11. The Bertz CT molecular complexity index is 568. The van der Waals surface area contributed by atoms with E-state index in [1.807, 2.05) is 31.3 Å². The van der Waals surface area contributed by atoms with E-state index in [-0.39, 0.29) is 6.04 Å². The molecule has 0 heterocycles. The summed E-state index contributed by atoms with van der Waals surface area (Å²) >= 11 is 6.02. The minimum atomic E-state index is 0.132. The molecule has 0 aliphatic carbocycles. The van der Waals surface area contributed by atoms with Gasteiger partial charge in [-0.2, -0.15) is 0 Å². The van der Waals surface area contributed by atoms with Crippen molar-refractivity contribution >= 4 is 11.6 Å². The minimum Gasteiger partial charge on any atom is -0.497 e. The van der Waals surface area contributed by atoms with Crippen molar-refractivity contribution in [1.82, 2.24) is 5.32 Å². The summed E-state index contributed by atoms with van der Waals surface area (Å²) in [6, 6.07) is 14.2. The third-order valence-electron chi connectivity index (χ3n) is 3.26. The number of nitrogens with one attached hydrogen (secondary N) is 1. The first-order valence-electron chi connectivity index (χ1n) is 6.23. The first kappa shape index (κ1) is 13.9. The minimum absolute atomic E-state index is 0.132. The van der Waals surface area contributed by atoms with Gasteiger partial charge in [-0.25, -0.2) is 0 Å². The lowest BCUT2D eigenvalue weighted by molar-refractivity contribution is 0.414. The Balaban J connectivity index is 2.43. The SMILES string of the molecule is CNC(c1cccc(OC)c1)c1ccc(Cl)cc1C. The number of aryl methyl sites for hydroxylation is 1. The molecule has 0 spiro atoms. The molecule has 0 radical (unpaired) electrons. The van der Waals surface area contributed by atoms with Gasteiger partial charge in [0.1, 0.15) is 5.75 Å². The van der Waals surface area contributed by atoms with E-state index in [1.54, 1.807) is 7.11 Å². The van der Waals surface area contributed by atoms with Crippen molar-refractivity contribution in [2.75, 3.05) is 14.2 Å². The molecule has 0 amide bonds. The molecular formula is C16H18ClNO. The van der Waals surface area contributed by atoms with Gasteiger partial charge in [-0.3, -0.25) is 0 Å². The largest absolute Gasteiger partial charge is 0.497 e. The molecular weight excluding hydrogens is 258 g/mol. The van der Waals surface area contributed by atoms with Crippen molar-refractivity contribution in [3.63, 3.8) is 0 Å². The number of hydrogen-bond acceptors (Lipinski definition) is 2. The van der Waals surface area contributed by atoms with Crippen LogP contribution in [0.1, 0.15) is 22.7 Å². The van der Waals surface area contributed by atoms with Crippen molar-refractivity contribution in [2.24, 2.45) is 0 Å². The Labute approximate surface area is 119 Å². The monoisotopic (exact) mass is 275 g/mol. The highest BCUT2D eigenvalue weighted by molar-refractivity contribution is 6.30. The van der Waals surface area contributed by atoms with Crippen LogP contribution in [-0.2, 0) is 0 Å². The molecule has 2 aromatic carbocycles. The third kappa shape index (κ3) is 3.09. The number of methoxy groups -OCH3 is 1. The topological polar surface area (TPSA) is 21.3 Å². The maximum atomic E-state index is 6.02. The highest BCUT2D eigenvalue weighted by Crippen LogP contribution is 2.28. The molecule has 1 N–H and O–H groups in total. The third-order valence-corrected chi connectivity index (χ3v) is 3.49. The summed E-state index contributed by atoms with van der Waals surface area (Å²) in [6.07, 6.45) is 0. The lowest BCUT2D eigenvalue weighted by Gasteiger charge is -2.20. The molecule has 0 fully saturated rings. The number of hydrogen-bond donors (Lipinski definition) is 1. The zero-order valence-corrected chi connectivity index (χ0v) is 12.2. The molecule has 0 bridgehead atoms. The number of halogens is 1. The van der Waals surface area contributed by atoms with E-state index < -0.39 is 0 Å². The van der Waals surface area contributed by atoms with Crippen molar-refractivity contribution in [3.8, 4) is 5.75 Å². The fourth-order valence-corrected chi connectivity index (χ4v) is 2.51.